The number of aromatic amines is 1. The number of rotatable bonds is 1. The van der Waals surface area contributed by atoms with Gasteiger partial charge in [0.05, 0.1) is 18.6 Å². The number of hydrogen-bond acceptors (Lipinski definition) is 4. The molecule has 0 radical (unpaired) electrons. The van der Waals surface area contributed by atoms with Crippen molar-refractivity contribution in [3.05, 3.63) is 27.9 Å². The molecule has 0 saturated heterocycles. The number of carbonyl (C=O) groups excluding carboxylic acids is 1. The number of aromatic nitrogens is 2. The number of amides is 1. The van der Waals surface area contributed by atoms with E-state index in [2.05, 4.69) is 9.97 Å². The lowest BCUT2D eigenvalue weighted by atomic mass is 10.1. The van der Waals surface area contributed by atoms with Crippen LogP contribution in [0, 0.1) is 0 Å². The van der Waals surface area contributed by atoms with E-state index in [0.717, 1.165) is 5.69 Å². The maximum atomic E-state index is 11.5. The van der Waals surface area contributed by atoms with Gasteiger partial charge in [0.15, 0.2) is 0 Å². The Hall–Kier alpha value is -1.69. The average Bonchev–Trinajstić information content (AvgIpc) is 2.51. The molecule has 0 aliphatic carbocycles. The van der Waals surface area contributed by atoms with Crippen LogP contribution in [0.4, 0.5) is 0 Å². The van der Waals surface area contributed by atoms with Gasteiger partial charge in [0.2, 0.25) is 5.91 Å². The van der Waals surface area contributed by atoms with Crippen molar-refractivity contribution in [3.8, 4) is 0 Å². The Morgan fingerprint density at radius 1 is 1.50 bits per heavy atom. The highest BCUT2D eigenvalue weighted by Gasteiger charge is 2.19. The van der Waals surface area contributed by atoms with Crippen molar-refractivity contribution < 1.29 is 4.79 Å². The Bertz CT molecular complexity index is 454. The molecule has 0 spiro atoms. The third kappa shape index (κ3) is 1.96. The van der Waals surface area contributed by atoms with E-state index in [9.17, 15) is 9.59 Å². The molecule has 0 saturated carbocycles. The second-order valence-corrected chi connectivity index (χ2v) is 3.74. The molecule has 1 aliphatic rings. The van der Waals surface area contributed by atoms with Crippen LogP contribution in [0.3, 0.4) is 0 Å². The van der Waals surface area contributed by atoms with Gasteiger partial charge in [-0.1, -0.05) is 0 Å². The Balaban J connectivity index is 2.22. The Kier molecular flexibility index (Phi) is 3.00. The van der Waals surface area contributed by atoms with Gasteiger partial charge in [-0.3, -0.25) is 9.59 Å². The lowest BCUT2D eigenvalue weighted by molar-refractivity contribution is -0.129. The molecule has 6 nitrogen and oxygen atoms in total. The fourth-order valence-corrected chi connectivity index (χ4v) is 1.92. The zero-order chi connectivity index (χ0) is 11.5. The molecule has 6 heteroatoms. The van der Waals surface area contributed by atoms with E-state index in [4.69, 9.17) is 5.73 Å². The van der Waals surface area contributed by atoms with E-state index in [-0.39, 0.29) is 18.0 Å². The summed E-state index contributed by atoms with van der Waals surface area (Å²) in [7, 11) is 0. The molecule has 1 amide bonds. The van der Waals surface area contributed by atoms with Crippen LogP contribution in [0.1, 0.15) is 11.3 Å². The smallest absolute Gasteiger partial charge is 0.254 e. The molecular formula is C10H14N4O2. The maximum absolute atomic E-state index is 11.5. The van der Waals surface area contributed by atoms with Gasteiger partial charge in [-0.05, 0) is 6.42 Å². The molecule has 0 atom stereocenters. The molecule has 3 N–H and O–H groups in total. The second kappa shape index (κ2) is 4.44. The lowest BCUT2D eigenvalue weighted by Gasteiger charge is -2.18. The first kappa shape index (κ1) is 10.8. The minimum atomic E-state index is -0.105. The number of nitrogens with two attached hydrogens (primary N) is 1. The first-order valence-electron chi connectivity index (χ1n) is 5.25. The van der Waals surface area contributed by atoms with Gasteiger partial charge in [-0.15, -0.1) is 0 Å². The Labute approximate surface area is 92.5 Å². The third-order valence-corrected chi connectivity index (χ3v) is 2.82. The Morgan fingerprint density at radius 3 is 3.00 bits per heavy atom. The summed E-state index contributed by atoms with van der Waals surface area (Å²) in [6.07, 6.45) is 2.57. The van der Waals surface area contributed by atoms with E-state index in [0.29, 0.717) is 31.5 Å². The molecular weight excluding hydrogens is 208 g/mol. The fourth-order valence-electron chi connectivity index (χ4n) is 1.92. The van der Waals surface area contributed by atoms with Gasteiger partial charge in [-0.2, -0.15) is 0 Å². The molecule has 86 valence electrons. The van der Waals surface area contributed by atoms with E-state index >= 15 is 0 Å². The minimum absolute atomic E-state index is 0.0140. The van der Waals surface area contributed by atoms with Crippen LogP contribution in [0.2, 0.25) is 0 Å². The van der Waals surface area contributed by atoms with E-state index in [1.165, 1.54) is 6.33 Å². The largest absolute Gasteiger partial charge is 0.341 e. The molecule has 0 fully saturated rings. The highest BCUT2D eigenvalue weighted by atomic mass is 16.2. The van der Waals surface area contributed by atoms with Gasteiger partial charge in [0.25, 0.3) is 5.56 Å². The topological polar surface area (TPSA) is 92.1 Å². The lowest BCUT2D eigenvalue weighted by Crippen LogP contribution is -2.37. The number of hydrogen-bond donors (Lipinski definition) is 2. The van der Waals surface area contributed by atoms with Crippen LogP contribution < -0.4 is 11.3 Å². The van der Waals surface area contributed by atoms with Crippen LogP contribution in [-0.2, 0) is 17.6 Å². The van der Waals surface area contributed by atoms with Gasteiger partial charge in [-0.25, -0.2) is 4.98 Å². The molecule has 1 aromatic heterocycles. The number of H-pyrrole nitrogens is 1. The van der Waals surface area contributed by atoms with Crippen molar-refractivity contribution in [3.63, 3.8) is 0 Å². The maximum Gasteiger partial charge on any atom is 0.254 e. The van der Waals surface area contributed by atoms with Gasteiger partial charge in [0.1, 0.15) is 0 Å². The number of carbonyl (C=O) groups is 1. The summed E-state index contributed by atoms with van der Waals surface area (Å²) in [4.78, 5) is 31.4. The number of fused-ring (bicyclic) bond motifs is 1. The molecule has 0 aromatic carbocycles. The molecule has 1 aliphatic heterocycles. The quantitative estimate of drug-likeness (QED) is 0.615. The van der Waals surface area contributed by atoms with Crippen molar-refractivity contribution in [2.75, 3.05) is 19.6 Å². The SMILES string of the molecule is NCC(=O)N1CCc2nc[nH]c(=O)c2CC1. The van der Waals surface area contributed by atoms with E-state index in [1.54, 1.807) is 4.90 Å². The van der Waals surface area contributed by atoms with Gasteiger partial charge in [0, 0.05) is 25.1 Å². The predicted molar refractivity (Wildman–Crippen MR) is 57.9 cm³/mol. The fraction of sp³-hybridized carbons (Fsp3) is 0.500. The van der Waals surface area contributed by atoms with Crippen molar-refractivity contribution in [2.45, 2.75) is 12.8 Å². The molecule has 2 heterocycles. The normalized spacial score (nSPS) is 15.4. The monoisotopic (exact) mass is 222 g/mol. The highest BCUT2D eigenvalue weighted by molar-refractivity contribution is 5.78. The van der Waals surface area contributed by atoms with Gasteiger partial charge >= 0.3 is 0 Å². The van der Waals surface area contributed by atoms with Crippen LogP contribution in [0.25, 0.3) is 0 Å². The van der Waals surface area contributed by atoms with Crippen LogP contribution in [-0.4, -0.2) is 40.4 Å². The van der Waals surface area contributed by atoms with E-state index in [1.807, 2.05) is 0 Å². The summed E-state index contributed by atoms with van der Waals surface area (Å²) >= 11 is 0. The van der Waals surface area contributed by atoms with Crippen molar-refractivity contribution in [1.29, 1.82) is 0 Å². The first-order chi connectivity index (χ1) is 7.72. The second-order valence-electron chi connectivity index (χ2n) is 3.74. The number of nitrogens with zero attached hydrogens (tertiary/aromatic N) is 2. The van der Waals surface area contributed by atoms with Crippen LogP contribution in [0.5, 0.6) is 0 Å². The zero-order valence-corrected chi connectivity index (χ0v) is 8.90. The van der Waals surface area contributed by atoms with Crippen LogP contribution in [0.15, 0.2) is 11.1 Å². The molecule has 16 heavy (non-hydrogen) atoms. The van der Waals surface area contributed by atoms with Crippen LogP contribution >= 0.6 is 0 Å². The minimum Gasteiger partial charge on any atom is -0.341 e. The molecule has 0 unspecified atom stereocenters. The van der Waals surface area contributed by atoms with Gasteiger partial charge < -0.3 is 15.6 Å². The zero-order valence-electron chi connectivity index (χ0n) is 8.90. The Morgan fingerprint density at radius 2 is 2.25 bits per heavy atom. The third-order valence-electron chi connectivity index (χ3n) is 2.82. The summed E-state index contributed by atoms with van der Waals surface area (Å²) in [6, 6.07) is 0. The van der Waals surface area contributed by atoms with Crippen molar-refractivity contribution >= 4 is 5.91 Å². The molecule has 2 rings (SSSR count). The predicted octanol–water partition coefficient (Wildman–Crippen LogP) is -1.34. The van der Waals surface area contributed by atoms with E-state index < -0.39 is 0 Å². The summed E-state index contributed by atoms with van der Waals surface area (Å²) in [5.74, 6) is -0.0794. The number of nitrogens with one attached hydrogen (secondary N) is 1. The average molecular weight is 222 g/mol. The summed E-state index contributed by atoms with van der Waals surface area (Å²) < 4.78 is 0. The summed E-state index contributed by atoms with van der Waals surface area (Å²) in [6.45, 7) is 1.14. The highest BCUT2D eigenvalue weighted by Crippen LogP contribution is 2.09. The molecule has 1 aromatic rings. The molecule has 0 bridgehead atoms. The summed E-state index contributed by atoms with van der Waals surface area (Å²) in [5, 5.41) is 0. The van der Waals surface area contributed by atoms with Crippen molar-refractivity contribution in [1.82, 2.24) is 14.9 Å². The standard InChI is InChI=1S/C10H14N4O2/c11-5-9(15)14-3-1-7-8(2-4-14)12-6-13-10(7)16/h6H,1-5,11H2,(H,12,13,16). The first-order valence-corrected chi connectivity index (χ1v) is 5.25. The summed E-state index contributed by atoms with van der Waals surface area (Å²) in [5.41, 5.74) is 6.69. The van der Waals surface area contributed by atoms with Crippen molar-refractivity contribution in [2.24, 2.45) is 5.73 Å².